The van der Waals surface area contributed by atoms with Gasteiger partial charge in [0, 0.05) is 23.0 Å². The highest BCUT2D eigenvalue weighted by Gasteiger charge is 2.48. The van der Waals surface area contributed by atoms with Gasteiger partial charge < -0.3 is 24.6 Å². The number of esters is 1. The predicted octanol–water partition coefficient (Wildman–Crippen LogP) is 3.37. The molecule has 2 aliphatic heterocycles. The van der Waals surface area contributed by atoms with Gasteiger partial charge >= 0.3 is 5.97 Å². The van der Waals surface area contributed by atoms with Crippen LogP contribution in [0.3, 0.4) is 0 Å². The molecule has 192 valence electrons. The van der Waals surface area contributed by atoms with Crippen LogP contribution in [-0.2, 0) is 20.7 Å². The lowest BCUT2D eigenvalue weighted by atomic mass is 9.86. The lowest BCUT2D eigenvalue weighted by molar-refractivity contribution is -0.159. The number of β-amino-alcohol motifs (C(OH)–C–C–N with tert-alkyl or cyclic N) is 1. The van der Waals surface area contributed by atoms with Gasteiger partial charge in [0.25, 0.3) is 0 Å². The summed E-state index contributed by atoms with van der Waals surface area (Å²) in [6, 6.07) is 22.8. The fourth-order valence-electron chi connectivity index (χ4n) is 5.73. The van der Waals surface area contributed by atoms with Crippen LogP contribution in [-0.4, -0.2) is 63.9 Å². The van der Waals surface area contributed by atoms with Crippen LogP contribution >= 0.6 is 0 Å². The van der Waals surface area contributed by atoms with Gasteiger partial charge in [-0.15, -0.1) is 0 Å². The number of carbonyl (C=O) groups is 3. The first-order valence-electron chi connectivity index (χ1n) is 12.6. The Hall–Kier alpha value is -4.43. The normalized spacial score (nSPS) is 19.7. The number of methoxy groups -OCH3 is 1. The van der Waals surface area contributed by atoms with Crippen LogP contribution in [0, 0.1) is 0 Å². The molecular weight excluding hydrogens is 482 g/mol. The van der Waals surface area contributed by atoms with Crippen LogP contribution in [0.5, 0.6) is 0 Å². The number of hydrogen-bond donors (Lipinski definition) is 2. The van der Waals surface area contributed by atoms with Gasteiger partial charge in [-0.2, -0.15) is 0 Å². The molecule has 8 nitrogen and oxygen atoms in total. The molecule has 0 radical (unpaired) electrons. The second kappa shape index (κ2) is 9.46. The van der Waals surface area contributed by atoms with Crippen molar-refractivity contribution < 1.29 is 24.2 Å². The predicted molar refractivity (Wildman–Crippen MR) is 140 cm³/mol. The molecule has 3 heterocycles. The number of aromatic nitrogens is 1. The third-order valence-corrected chi connectivity index (χ3v) is 7.57. The molecule has 6 rings (SSSR count). The fourth-order valence-corrected chi connectivity index (χ4v) is 5.73. The first-order valence-corrected chi connectivity index (χ1v) is 12.6. The second-order valence-electron chi connectivity index (χ2n) is 9.75. The van der Waals surface area contributed by atoms with Crippen molar-refractivity contribution in [2.45, 2.75) is 24.6 Å². The first-order chi connectivity index (χ1) is 18.5. The summed E-state index contributed by atoms with van der Waals surface area (Å²) in [4.78, 5) is 46.2. The van der Waals surface area contributed by atoms with Crippen molar-refractivity contribution in [2.75, 3.05) is 20.2 Å². The minimum Gasteiger partial charge on any atom is -0.465 e. The lowest BCUT2D eigenvalue weighted by Gasteiger charge is -2.47. The zero-order valence-electron chi connectivity index (χ0n) is 20.8. The molecule has 2 aliphatic rings. The smallest absolute Gasteiger partial charge is 0.337 e. The van der Waals surface area contributed by atoms with E-state index in [1.807, 2.05) is 42.5 Å². The summed E-state index contributed by atoms with van der Waals surface area (Å²) in [6.07, 6.45) is -0.521. The van der Waals surface area contributed by atoms with E-state index in [4.69, 9.17) is 4.74 Å². The second-order valence-corrected chi connectivity index (χ2v) is 9.75. The standard InChI is InChI=1S/C30H27N3O5/c1-38-30(37)20-13-11-19(12-14-20)28-27-22(21-9-5-6-10-23(21)31-27)15-24-29(36)32(17-26(35)33(24)28)16-25(34)18-7-3-2-4-8-18/h2-14,24-25,28,31,34H,15-17H2,1H3/t24-,25-,28+/m0/s1. The summed E-state index contributed by atoms with van der Waals surface area (Å²) in [6.45, 7) is -0.0797. The van der Waals surface area contributed by atoms with Crippen LogP contribution in [0.15, 0.2) is 78.9 Å². The van der Waals surface area contributed by atoms with E-state index in [9.17, 15) is 19.5 Å². The molecule has 1 aromatic heterocycles. The molecule has 38 heavy (non-hydrogen) atoms. The number of aromatic amines is 1. The molecule has 0 spiro atoms. The van der Waals surface area contributed by atoms with Gasteiger partial charge in [0.2, 0.25) is 11.8 Å². The molecule has 1 fully saturated rings. The zero-order valence-corrected chi connectivity index (χ0v) is 20.8. The van der Waals surface area contributed by atoms with E-state index in [2.05, 4.69) is 4.98 Å². The molecule has 2 N–H and O–H groups in total. The molecule has 2 amide bonds. The topological polar surface area (TPSA) is 103 Å². The van der Waals surface area contributed by atoms with Crippen molar-refractivity contribution in [3.8, 4) is 0 Å². The van der Waals surface area contributed by atoms with E-state index < -0.39 is 24.2 Å². The van der Waals surface area contributed by atoms with Crippen LogP contribution in [0.2, 0.25) is 0 Å². The van der Waals surface area contributed by atoms with Crippen molar-refractivity contribution >= 4 is 28.7 Å². The molecule has 0 unspecified atom stereocenters. The van der Waals surface area contributed by atoms with Gasteiger partial charge in [-0.3, -0.25) is 9.59 Å². The summed E-state index contributed by atoms with van der Waals surface area (Å²) < 4.78 is 4.83. The number of ether oxygens (including phenoxy) is 1. The average molecular weight is 510 g/mol. The molecule has 1 saturated heterocycles. The number of amides is 2. The Morgan fingerprint density at radius 1 is 1.03 bits per heavy atom. The molecular formula is C30H27N3O5. The molecule has 0 saturated carbocycles. The maximum absolute atomic E-state index is 13.8. The number of aliphatic hydroxyl groups excluding tert-OH is 1. The number of carbonyl (C=O) groups excluding carboxylic acids is 3. The van der Waals surface area contributed by atoms with Crippen molar-refractivity contribution in [3.63, 3.8) is 0 Å². The number of H-pyrrole nitrogens is 1. The van der Waals surface area contributed by atoms with E-state index in [1.54, 1.807) is 41.3 Å². The summed E-state index contributed by atoms with van der Waals surface area (Å²) in [5, 5.41) is 11.8. The largest absolute Gasteiger partial charge is 0.465 e. The van der Waals surface area contributed by atoms with Gasteiger partial charge in [-0.25, -0.2) is 4.79 Å². The van der Waals surface area contributed by atoms with Crippen LogP contribution < -0.4 is 0 Å². The first kappa shape index (κ1) is 23.9. The van der Waals surface area contributed by atoms with Crippen molar-refractivity contribution in [3.05, 3.63) is 107 Å². The number of nitrogens with zero attached hydrogens (tertiary/aromatic N) is 2. The van der Waals surface area contributed by atoms with E-state index in [0.29, 0.717) is 17.5 Å². The maximum Gasteiger partial charge on any atom is 0.337 e. The Morgan fingerprint density at radius 3 is 2.47 bits per heavy atom. The SMILES string of the molecule is COC(=O)c1ccc([C@@H]2c3[nH]c4ccccc4c3C[C@H]3C(=O)N(C[C@H](O)c4ccccc4)CC(=O)N23)cc1. The highest BCUT2D eigenvalue weighted by Crippen LogP contribution is 2.42. The van der Waals surface area contributed by atoms with Crippen molar-refractivity contribution in [2.24, 2.45) is 0 Å². The van der Waals surface area contributed by atoms with Crippen molar-refractivity contribution in [1.29, 1.82) is 0 Å². The van der Waals surface area contributed by atoms with E-state index in [-0.39, 0.29) is 24.9 Å². The minimum absolute atomic E-state index is 0.0398. The van der Waals surface area contributed by atoms with Crippen LogP contribution in [0.25, 0.3) is 10.9 Å². The summed E-state index contributed by atoms with van der Waals surface area (Å²) in [5.41, 5.74) is 4.69. The lowest BCUT2D eigenvalue weighted by Crippen LogP contribution is -2.63. The molecule has 4 aromatic rings. The average Bonchev–Trinajstić information content (AvgIpc) is 3.33. The number of para-hydroxylation sites is 1. The molecule has 3 atom stereocenters. The van der Waals surface area contributed by atoms with Crippen molar-refractivity contribution in [1.82, 2.24) is 14.8 Å². The van der Waals surface area contributed by atoms with E-state index in [0.717, 1.165) is 27.7 Å². The fraction of sp³-hybridized carbons (Fsp3) is 0.233. The molecule has 8 heteroatoms. The number of benzene rings is 3. The highest BCUT2D eigenvalue weighted by atomic mass is 16.5. The molecule has 0 aliphatic carbocycles. The summed E-state index contributed by atoms with van der Waals surface area (Å²) in [7, 11) is 1.33. The van der Waals surface area contributed by atoms with Gasteiger partial charge in [0.05, 0.1) is 37.9 Å². The summed E-state index contributed by atoms with van der Waals surface area (Å²) in [5.74, 6) is -0.825. The van der Waals surface area contributed by atoms with Gasteiger partial charge in [0.1, 0.15) is 6.04 Å². The number of nitrogens with one attached hydrogen (secondary N) is 1. The van der Waals surface area contributed by atoms with E-state index >= 15 is 0 Å². The number of aliphatic hydroxyl groups is 1. The Labute approximate surface area is 219 Å². The van der Waals surface area contributed by atoms with Gasteiger partial charge in [0.15, 0.2) is 0 Å². The Morgan fingerprint density at radius 2 is 1.74 bits per heavy atom. The monoisotopic (exact) mass is 509 g/mol. The van der Waals surface area contributed by atoms with Gasteiger partial charge in [-0.05, 0) is 34.9 Å². The number of fused-ring (bicyclic) bond motifs is 4. The Kier molecular flexibility index (Phi) is 5.96. The highest BCUT2D eigenvalue weighted by molar-refractivity contribution is 5.97. The maximum atomic E-state index is 13.8. The Balaban J connectivity index is 1.40. The number of piperazine rings is 1. The molecule has 3 aromatic carbocycles. The van der Waals surface area contributed by atoms with Crippen LogP contribution in [0.4, 0.5) is 0 Å². The van der Waals surface area contributed by atoms with Crippen LogP contribution in [0.1, 0.15) is 44.9 Å². The quantitative estimate of drug-likeness (QED) is 0.402. The summed E-state index contributed by atoms with van der Waals surface area (Å²) >= 11 is 0. The van der Waals surface area contributed by atoms with Gasteiger partial charge in [-0.1, -0.05) is 60.7 Å². The third-order valence-electron chi connectivity index (χ3n) is 7.57. The molecule has 0 bridgehead atoms. The number of rotatable bonds is 5. The zero-order chi connectivity index (χ0) is 26.4. The van der Waals surface area contributed by atoms with E-state index in [1.165, 1.54) is 12.0 Å². The Bertz CT molecular complexity index is 1530. The number of hydrogen-bond acceptors (Lipinski definition) is 5. The minimum atomic E-state index is -0.895. The third kappa shape index (κ3) is 3.94.